The van der Waals surface area contributed by atoms with E-state index >= 15 is 0 Å². The fourth-order valence-electron chi connectivity index (χ4n) is 6.85. The van der Waals surface area contributed by atoms with E-state index < -0.39 is 40.7 Å². The van der Waals surface area contributed by atoms with E-state index in [4.69, 9.17) is 30.8 Å². The van der Waals surface area contributed by atoms with Crippen LogP contribution >= 0.6 is 12.2 Å². The quantitative estimate of drug-likeness (QED) is 0.0330. The van der Waals surface area contributed by atoms with Crippen molar-refractivity contribution in [2.75, 3.05) is 44.9 Å². The van der Waals surface area contributed by atoms with Gasteiger partial charge in [0.05, 0.1) is 50.8 Å². The van der Waals surface area contributed by atoms with E-state index in [0.717, 1.165) is 0 Å². The first kappa shape index (κ1) is 45.8. The summed E-state index contributed by atoms with van der Waals surface area (Å²) >= 11 is 5.59. The van der Waals surface area contributed by atoms with Crippen LogP contribution < -0.4 is 38.6 Å². The molecular weight excluding hydrogens is 841 g/mol. The molecule has 2 atom stereocenters. The minimum atomic E-state index is -1.23. The summed E-state index contributed by atoms with van der Waals surface area (Å²) in [4.78, 5) is 78.0. The lowest BCUT2D eigenvalue weighted by molar-refractivity contribution is -0.0523. The van der Waals surface area contributed by atoms with Gasteiger partial charge in [0.1, 0.15) is 17.1 Å². The summed E-state index contributed by atoms with van der Waals surface area (Å²) in [6.45, 7) is 3.89. The molecule has 1 unspecified atom stereocenters. The van der Waals surface area contributed by atoms with Crippen LogP contribution in [-0.4, -0.2) is 97.3 Å². The first-order chi connectivity index (χ1) is 30.2. The second kappa shape index (κ2) is 20.9. The number of nitrogens with zero attached hydrogens (tertiary/aromatic N) is 2. The van der Waals surface area contributed by atoms with E-state index in [1.165, 1.54) is 51.9 Å². The van der Waals surface area contributed by atoms with Gasteiger partial charge >= 0.3 is 17.3 Å². The van der Waals surface area contributed by atoms with Gasteiger partial charge in [0.25, 0.3) is 11.1 Å². The predicted molar refractivity (Wildman–Crippen MR) is 236 cm³/mol. The lowest BCUT2D eigenvalue weighted by atomic mass is 9.90. The number of carboxylic acid groups (broad SMARTS) is 1. The van der Waals surface area contributed by atoms with Crippen LogP contribution in [0.3, 0.4) is 0 Å². The number of aromatic amines is 2. The zero-order valence-corrected chi connectivity index (χ0v) is 35.1. The van der Waals surface area contributed by atoms with Gasteiger partial charge in [-0.2, -0.15) is 0 Å². The third kappa shape index (κ3) is 11.8. The Morgan fingerprint density at radius 2 is 1.48 bits per heavy atom. The summed E-state index contributed by atoms with van der Waals surface area (Å²) in [5, 5.41) is 36.6. The number of aliphatic hydroxyl groups excluding tert-OH is 1. The highest BCUT2D eigenvalue weighted by molar-refractivity contribution is 7.80. The van der Waals surface area contributed by atoms with E-state index in [9.17, 15) is 44.1 Å². The van der Waals surface area contributed by atoms with Crippen molar-refractivity contribution in [1.29, 1.82) is 0 Å². The summed E-state index contributed by atoms with van der Waals surface area (Å²) in [5.74, 6) is -1.09. The molecule has 19 nitrogen and oxygen atoms in total. The largest absolute Gasteiger partial charge is 0.508 e. The molecule has 0 amide bonds. The van der Waals surface area contributed by atoms with Crippen molar-refractivity contribution in [2.24, 2.45) is 0 Å². The molecule has 0 radical (unpaired) electrons. The van der Waals surface area contributed by atoms with Gasteiger partial charge in [-0.15, -0.1) is 0 Å². The lowest BCUT2D eigenvalue weighted by Gasteiger charge is -2.22. The highest BCUT2D eigenvalue weighted by Gasteiger charge is 2.23. The van der Waals surface area contributed by atoms with Crippen molar-refractivity contribution in [2.45, 2.75) is 52.0 Å². The Morgan fingerprint density at radius 3 is 2.14 bits per heavy atom. The monoisotopic (exact) mass is 886 g/mol. The maximum Gasteiger partial charge on any atom is 0.336 e. The average molecular weight is 887 g/mol. The summed E-state index contributed by atoms with van der Waals surface area (Å²) in [6, 6.07) is 13.3. The van der Waals surface area contributed by atoms with Crippen molar-refractivity contribution in [1.82, 2.24) is 24.4 Å². The Kier molecular flexibility index (Phi) is 15.2. The fraction of sp³-hybridized carbons (Fsp3) is 0.326. The number of carboxylic acids is 1. The van der Waals surface area contributed by atoms with Crippen LogP contribution in [0.1, 0.15) is 34.3 Å². The van der Waals surface area contributed by atoms with E-state index in [1.54, 1.807) is 38.1 Å². The highest BCUT2D eigenvalue weighted by atomic mass is 32.1. The topological polar surface area (TPSA) is 269 Å². The molecule has 7 N–H and O–H groups in total. The molecule has 2 aromatic carbocycles. The standard InChI is InChI=1S/C43H46N6O13S/c1-24-21-48(42(57)46-38(24)53)11-9-29(61-16-15-59-23-30(60-14-13-50)10-12-49-22-25(2)39(54)47-43(49)58)20-44-41(63)45-26-3-6-31(34(17-26)40(55)56)37-32-7-4-27(51)18-35(32)62-36-19-28(52)5-8-33(36)37/h3-8,17-19,21-22,29-30,50-51H,9-16,20,23H2,1-2H3,(H,55,56)(H2,44,45,63)(H,46,53,57)(H,47,54,58)/t29?,30-/m0/s1. The number of hydrogen-bond acceptors (Lipinski definition) is 13. The van der Waals surface area contributed by atoms with Crippen molar-refractivity contribution in [3.63, 3.8) is 0 Å². The van der Waals surface area contributed by atoms with Gasteiger partial charge in [-0.1, -0.05) is 6.07 Å². The molecule has 0 bridgehead atoms. The Hall–Kier alpha value is -6.71. The Labute approximate surface area is 362 Å². The number of phenols is 1. The van der Waals surface area contributed by atoms with Crippen LogP contribution in [0.2, 0.25) is 0 Å². The molecule has 1 aliphatic heterocycles. The molecule has 0 spiro atoms. The number of benzene rings is 3. The number of phenolic OH excluding ortho intramolecular Hbond substituents is 1. The number of anilines is 1. The van der Waals surface area contributed by atoms with Gasteiger partial charge in [0, 0.05) is 77.5 Å². The molecule has 4 aromatic rings. The highest BCUT2D eigenvalue weighted by Crippen LogP contribution is 2.42. The number of ether oxygens (including phenoxy) is 3. The second-order valence-corrected chi connectivity index (χ2v) is 15.0. The molecule has 63 heavy (non-hydrogen) atoms. The van der Waals surface area contributed by atoms with Gasteiger partial charge < -0.3 is 53.7 Å². The third-order valence-electron chi connectivity index (χ3n) is 10.0. The molecule has 1 aliphatic carbocycles. The number of thiocarbonyl (C=S) groups is 1. The number of carbonyl (C=O) groups is 1. The minimum absolute atomic E-state index is 0.0470. The summed E-state index contributed by atoms with van der Waals surface area (Å²) in [6.07, 6.45) is 2.52. The molecule has 6 rings (SSSR count). The summed E-state index contributed by atoms with van der Waals surface area (Å²) < 4.78 is 26.3. The third-order valence-corrected chi connectivity index (χ3v) is 10.3. The molecule has 2 aromatic heterocycles. The number of aliphatic hydroxyl groups is 1. The predicted octanol–water partition coefficient (Wildman–Crippen LogP) is 2.53. The van der Waals surface area contributed by atoms with E-state index in [-0.39, 0.29) is 85.9 Å². The smallest absolute Gasteiger partial charge is 0.336 e. The van der Waals surface area contributed by atoms with Crippen LogP contribution in [0.5, 0.6) is 5.75 Å². The maximum absolute atomic E-state index is 12.7. The minimum Gasteiger partial charge on any atom is -0.508 e. The molecule has 2 aliphatic rings. The van der Waals surface area contributed by atoms with Gasteiger partial charge in [0.15, 0.2) is 10.5 Å². The molecular formula is C43H46N6O13S. The van der Waals surface area contributed by atoms with Gasteiger partial charge in [-0.3, -0.25) is 24.4 Å². The van der Waals surface area contributed by atoms with E-state index in [1.807, 2.05) is 0 Å². The SMILES string of the molecule is Cc1cn(CCC(CNC(=S)Nc2ccc(-c3c4ccc(=O)cc-4oc4cc(O)ccc34)c(C(=O)O)c2)OCCOC[C@H](CCn2cc(C)c(=O)[nH]c2=O)OCCO)c(=O)[nH]c1=O. The molecule has 332 valence electrons. The van der Waals surface area contributed by atoms with E-state index in [0.29, 0.717) is 51.7 Å². The number of nitrogens with one attached hydrogen (secondary N) is 4. The normalized spacial score (nSPS) is 12.4. The molecule has 0 saturated heterocycles. The molecule has 3 heterocycles. The van der Waals surface area contributed by atoms with Gasteiger partial charge in [-0.05, 0) is 80.9 Å². The van der Waals surface area contributed by atoms with Crippen molar-refractivity contribution in [3.05, 3.63) is 136 Å². The lowest BCUT2D eigenvalue weighted by Crippen LogP contribution is -2.38. The Bertz CT molecular complexity index is 2880. The number of fused-ring (bicyclic) bond motifs is 2. The number of aromatic hydroxyl groups is 1. The van der Waals surface area contributed by atoms with Crippen LogP contribution in [0, 0.1) is 13.8 Å². The van der Waals surface area contributed by atoms with Crippen LogP contribution in [0.4, 0.5) is 5.69 Å². The van der Waals surface area contributed by atoms with E-state index in [2.05, 4.69) is 20.6 Å². The Balaban J connectivity index is 1.12. The van der Waals surface area contributed by atoms with Crippen molar-refractivity contribution in [3.8, 4) is 28.2 Å². The first-order valence-electron chi connectivity index (χ1n) is 19.9. The number of rotatable bonds is 20. The number of H-pyrrole nitrogens is 2. The van der Waals surface area contributed by atoms with Crippen LogP contribution in [0.15, 0.2) is 95.4 Å². The summed E-state index contributed by atoms with van der Waals surface area (Å²) in [5.41, 5.74) is 0.181. The number of aromatic carboxylic acids is 1. The molecule has 0 fully saturated rings. The summed E-state index contributed by atoms with van der Waals surface area (Å²) in [7, 11) is 0. The van der Waals surface area contributed by atoms with Crippen LogP contribution in [0.25, 0.3) is 33.4 Å². The zero-order valence-electron chi connectivity index (χ0n) is 34.3. The molecule has 0 saturated carbocycles. The van der Waals surface area contributed by atoms with Crippen molar-refractivity contribution >= 4 is 40.0 Å². The van der Waals surface area contributed by atoms with Gasteiger partial charge in [0.2, 0.25) is 0 Å². The first-order valence-corrected chi connectivity index (χ1v) is 20.3. The number of aryl methyl sites for hydroxylation is 4. The maximum atomic E-state index is 12.7. The zero-order chi connectivity index (χ0) is 45.2. The van der Waals surface area contributed by atoms with Crippen LogP contribution in [-0.2, 0) is 27.3 Å². The number of aromatic nitrogens is 4. The average Bonchev–Trinajstić information content (AvgIpc) is 3.24. The van der Waals surface area contributed by atoms with Gasteiger partial charge in [-0.25, -0.2) is 14.4 Å². The molecule has 20 heteroatoms. The second-order valence-electron chi connectivity index (χ2n) is 14.6. The number of hydrogen-bond donors (Lipinski definition) is 7. The van der Waals surface area contributed by atoms with Crippen molar-refractivity contribution < 1.29 is 38.7 Å². The fourth-order valence-corrected chi connectivity index (χ4v) is 7.05. The Morgan fingerprint density at radius 1 is 0.825 bits per heavy atom.